The maximum absolute atomic E-state index is 12.6. The molecule has 1 aliphatic heterocycles. The first kappa shape index (κ1) is 15.3. The molecule has 1 heterocycles. The number of benzene rings is 1. The van der Waals surface area contributed by atoms with Crippen LogP contribution in [0.4, 0.5) is 13.2 Å². The summed E-state index contributed by atoms with van der Waals surface area (Å²) < 4.78 is 46.9. The van der Waals surface area contributed by atoms with Gasteiger partial charge in [-0.05, 0) is 37.2 Å². The second kappa shape index (κ2) is 5.91. The van der Waals surface area contributed by atoms with Gasteiger partial charge in [0.2, 0.25) is 6.10 Å². The summed E-state index contributed by atoms with van der Waals surface area (Å²) in [6.45, 7) is 0. The van der Waals surface area contributed by atoms with Crippen LogP contribution in [0.15, 0.2) is 30.3 Å². The Morgan fingerprint density at radius 3 is 2.55 bits per heavy atom. The van der Waals surface area contributed by atoms with Gasteiger partial charge < -0.3 is 4.74 Å². The summed E-state index contributed by atoms with van der Waals surface area (Å²) >= 11 is 0. The minimum Gasteiger partial charge on any atom is -0.447 e. The third-order valence-electron chi connectivity index (χ3n) is 4.05. The van der Waals surface area contributed by atoms with Gasteiger partial charge in [0.05, 0.1) is 6.10 Å². The predicted molar refractivity (Wildman–Crippen MR) is 71.2 cm³/mol. The molecular weight excluding hydrogens is 297 g/mol. The summed E-state index contributed by atoms with van der Waals surface area (Å²) in [5.74, 6) is -1.39. The lowest BCUT2D eigenvalue weighted by atomic mass is 9.93. The van der Waals surface area contributed by atoms with Crippen molar-refractivity contribution in [1.29, 1.82) is 0 Å². The van der Waals surface area contributed by atoms with E-state index in [0.29, 0.717) is 12.8 Å². The molecule has 3 rings (SSSR count). The highest BCUT2D eigenvalue weighted by atomic mass is 19.4. The average Bonchev–Trinajstić information content (AvgIpc) is 3.05. The van der Waals surface area contributed by atoms with Crippen LogP contribution in [0.25, 0.3) is 0 Å². The smallest absolute Gasteiger partial charge is 0.447 e. The molecule has 4 atom stereocenters. The van der Waals surface area contributed by atoms with Gasteiger partial charge in [0, 0.05) is 5.92 Å². The predicted octanol–water partition coefficient (Wildman–Crippen LogP) is 3.30. The molecule has 1 aromatic rings. The first-order chi connectivity index (χ1) is 10.4. The van der Waals surface area contributed by atoms with E-state index in [2.05, 4.69) is 4.74 Å². The van der Waals surface area contributed by atoms with Crippen LogP contribution in [0.5, 0.6) is 0 Å². The van der Waals surface area contributed by atoms with Gasteiger partial charge in [0.1, 0.15) is 0 Å². The second-order valence-electron chi connectivity index (χ2n) is 5.55. The van der Waals surface area contributed by atoms with E-state index in [0.717, 1.165) is 5.56 Å². The molecule has 0 amide bonds. The molecule has 4 unspecified atom stereocenters. The maximum Gasteiger partial charge on any atom is 0.522 e. The van der Waals surface area contributed by atoms with E-state index in [9.17, 15) is 18.0 Å². The molecule has 0 spiro atoms. The molecule has 1 saturated carbocycles. The van der Waals surface area contributed by atoms with E-state index in [1.54, 1.807) is 6.42 Å². The number of carbonyl (C=O) groups is 1. The van der Waals surface area contributed by atoms with Crippen LogP contribution >= 0.6 is 0 Å². The largest absolute Gasteiger partial charge is 0.522 e. The molecule has 1 aromatic carbocycles. The summed E-state index contributed by atoms with van der Waals surface area (Å²) in [6.07, 6.45) is -2.02. The molecule has 2 fully saturated rings. The lowest BCUT2D eigenvalue weighted by molar-refractivity contribution is -0.350. The van der Waals surface area contributed by atoms with Crippen LogP contribution in [0.2, 0.25) is 0 Å². The number of alkyl halides is 3. The average molecular weight is 312 g/mol. The fourth-order valence-electron chi connectivity index (χ4n) is 2.97. The van der Waals surface area contributed by atoms with Gasteiger partial charge in [-0.2, -0.15) is 0 Å². The van der Waals surface area contributed by atoms with Gasteiger partial charge in [-0.1, -0.05) is 30.3 Å². The van der Waals surface area contributed by atoms with Gasteiger partial charge in [-0.25, -0.2) is 4.79 Å². The van der Waals surface area contributed by atoms with Crippen LogP contribution < -0.4 is 0 Å². The fourth-order valence-corrected chi connectivity index (χ4v) is 2.97. The fraction of sp³-hybridized carbons (Fsp3) is 0.438. The molecule has 6 heteroatoms. The minimum absolute atomic E-state index is 0.316. The topological polar surface area (TPSA) is 38.8 Å². The minimum atomic E-state index is -4.72. The van der Waals surface area contributed by atoms with Crippen molar-refractivity contribution in [2.45, 2.75) is 31.4 Å². The number of halogens is 3. The van der Waals surface area contributed by atoms with E-state index in [4.69, 9.17) is 4.74 Å². The summed E-state index contributed by atoms with van der Waals surface area (Å²) in [5, 5.41) is 0. The van der Waals surface area contributed by atoms with Crippen molar-refractivity contribution in [3.8, 4) is 0 Å². The van der Waals surface area contributed by atoms with Crippen molar-refractivity contribution >= 4 is 5.97 Å². The number of carbonyl (C=O) groups excluding carboxylic acids is 1. The van der Waals surface area contributed by atoms with Crippen LogP contribution in [-0.4, -0.2) is 24.5 Å². The third-order valence-corrected chi connectivity index (χ3v) is 4.05. The second-order valence-corrected chi connectivity index (χ2v) is 5.55. The Balaban J connectivity index is 1.65. The van der Waals surface area contributed by atoms with Gasteiger partial charge in [0.15, 0.2) is 0 Å². The number of cyclic esters (lactones) is 1. The SMILES string of the molecule is O=C1OC1C1[CH]CC(C[CH]c2ccccc2)C1OC(F)(F)F. The van der Waals surface area contributed by atoms with E-state index in [1.807, 2.05) is 36.8 Å². The van der Waals surface area contributed by atoms with Crippen molar-refractivity contribution in [3.63, 3.8) is 0 Å². The standard InChI is InChI=1S/C16H15F3O3/c17-16(18,19)22-13-11(7-6-10-4-2-1-3-5-10)8-9-12(13)14-15(20)21-14/h1-6,9,11-14H,7-8H2. The molecule has 0 bridgehead atoms. The van der Waals surface area contributed by atoms with Crippen molar-refractivity contribution in [1.82, 2.24) is 0 Å². The molecule has 3 nitrogen and oxygen atoms in total. The molecular formula is C16H15F3O3. The molecule has 2 radical (unpaired) electrons. The van der Waals surface area contributed by atoms with Crippen molar-refractivity contribution in [2.75, 3.05) is 0 Å². The Morgan fingerprint density at radius 2 is 1.95 bits per heavy atom. The Labute approximate surface area is 126 Å². The number of hydrogen-bond donors (Lipinski definition) is 0. The monoisotopic (exact) mass is 312 g/mol. The Morgan fingerprint density at radius 1 is 1.27 bits per heavy atom. The molecule has 22 heavy (non-hydrogen) atoms. The lowest BCUT2D eigenvalue weighted by Gasteiger charge is -2.24. The highest BCUT2D eigenvalue weighted by molar-refractivity contribution is 5.88. The van der Waals surface area contributed by atoms with Gasteiger partial charge in [-0.15, -0.1) is 13.2 Å². The van der Waals surface area contributed by atoms with Crippen LogP contribution in [0.1, 0.15) is 18.4 Å². The van der Waals surface area contributed by atoms with E-state index in [1.165, 1.54) is 0 Å². The zero-order chi connectivity index (χ0) is 15.7. The first-order valence-corrected chi connectivity index (χ1v) is 7.11. The van der Waals surface area contributed by atoms with Gasteiger partial charge >= 0.3 is 12.3 Å². The highest BCUT2D eigenvalue weighted by Crippen LogP contribution is 2.44. The number of epoxide rings is 1. The van der Waals surface area contributed by atoms with Crippen LogP contribution in [0, 0.1) is 24.7 Å². The quantitative estimate of drug-likeness (QED) is 0.783. The van der Waals surface area contributed by atoms with Crippen LogP contribution in [0.3, 0.4) is 0 Å². The van der Waals surface area contributed by atoms with E-state index < -0.39 is 30.5 Å². The summed E-state index contributed by atoms with van der Waals surface area (Å²) in [6, 6.07) is 9.40. The lowest BCUT2D eigenvalue weighted by Crippen LogP contribution is -2.34. The maximum atomic E-state index is 12.6. The molecule has 0 aromatic heterocycles. The Hall–Kier alpha value is -1.56. The van der Waals surface area contributed by atoms with Crippen molar-refractivity contribution in [2.24, 2.45) is 11.8 Å². The van der Waals surface area contributed by atoms with Crippen molar-refractivity contribution in [3.05, 3.63) is 48.7 Å². The molecule has 1 saturated heterocycles. The zero-order valence-electron chi connectivity index (χ0n) is 11.6. The van der Waals surface area contributed by atoms with E-state index >= 15 is 0 Å². The zero-order valence-corrected chi connectivity index (χ0v) is 11.6. The Kier molecular flexibility index (Phi) is 4.12. The molecule has 2 aliphatic rings. The van der Waals surface area contributed by atoms with E-state index in [-0.39, 0.29) is 5.92 Å². The molecule has 118 valence electrons. The normalized spacial score (nSPS) is 31.1. The first-order valence-electron chi connectivity index (χ1n) is 7.11. The molecule has 0 N–H and O–H groups in total. The summed E-state index contributed by atoms with van der Waals surface area (Å²) in [7, 11) is 0. The third kappa shape index (κ3) is 3.61. The molecule has 1 aliphatic carbocycles. The summed E-state index contributed by atoms with van der Waals surface area (Å²) in [4.78, 5) is 11.1. The highest BCUT2D eigenvalue weighted by Gasteiger charge is 2.55. The van der Waals surface area contributed by atoms with Crippen molar-refractivity contribution < 1.29 is 27.4 Å². The number of ether oxygens (including phenoxy) is 2. The summed E-state index contributed by atoms with van der Waals surface area (Å²) in [5.41, 5.74) is 0.954. The van der Waals surface area contributed by atoms with Crippen LogP contribution in [-0.2, 0) is 14.3 Å². The Bertz CT molecular complexity index is 529. The van der Waals surface area contributed by atoms with Gasteiger partial charge in [0.25, 0.3) is 0 Å². The number of hydrogen-bond acceptors (Lipinski definition) is 3. The van der Waals surface area contributed by atoms with Gasteiger partial charge in [-0.3, -0.25) is 4.74 Å². The number of rotatable bonds is 5.